The summed E-state index contributed by atoms with van der Waals surface area (Å²) >= 11 is 0. The Hall–Kier alpha value is -10.8. The van der Waals surface area contributed by atoms with Gasteiger partial charge in [0, 0.05) is 34.1 Å². The Bertz CT molecular complexity index is 4890. The second-order valence-electron chi connectivity index (χ2n) is 23.1. The number of aryl methyl sites for hydroxylation is 1. The van der Waals surface area contributed by atoms with Gasteiger partial charge in [-0.3, -0.25) is 0 Å². The molecule has 0 radical (unpaired) electrons. The van der Waals surface area contributed by atoms with Gasteiger partial charge in [-0.05, 0) is 196 Å². The molecule has 0 amide bonds. The van der Waals surface area contributed by atoms with Crippen LogP contribution in [-0.2, 0) is 10.8 Å². The van der Waals surface area contributed by atoms with E-state index >= 15 is 0 Å². The van der Waals surface area contributed by atoms with E-state index in [0.717, 1.165) is 45.3 Å². The lowest BCUT2D eigenvalue weighted by Crippen LogP contribution is -2.29. The summed E-state index contributed by atoms with van der Waals surface area (Å²) in [6, 6.07) is 120. The maximum atomic E-state index is 2.39. The molecular weight excluding hydrogens is 1020 g/mol. The average molecular weight is 1080 g/mol. The van der Waals surface area contributed by atoms with Crippen LogP contribution in [0.1, 0.15) is 50.1 Å². The van der Waals surface area contributed by atoms with Crippen molar-refractivity contribution in [1.29, 1.82) is 0 Å². The van der Waals surface area contributed by atoms with E-state index in [2.05, 4.69) is 338 Å². The first-order valence-corrected chi connectivity index (χ1v) is 29.7. The Kier molecular flexibility index (Phi) is 11.0. The van der Waals surface area contributed by atoms with E-state index in [0.29, 0.717) is 0 Å². The number of rotatable bonds is 9. The molecule has 0 N–H and O–H groups in total. The van der Waals surface area contributed by atoms with Gasteiger partial charge in [-0.2, -0.15) is 0 Å². The molecule has 0 bridgehead atoms. The molecule has 0 fully saturated rings. The van der Waals surface area contributed by atoms with Gasteiger partial charge in [0.05, 0.1) is 10.8 Å². The smallest absolute Gasteiger partial charge is 0.0731 e. The minimum atomic E-state index is -0.501. The molecule has 0 aliphatic heterocycles. The van der Waals surface area contributed by atoms with Gasteiger partial charge < -0.3 is 9.80 Å². The van der Waals surface area contributed by atoms with Gasteiger partial charge in [0.25, 0.3) is 0 Å². The molecule has 3 aliphatic rings. The molecule has 0 saturated carbocycles. The summed E-state index contributed by atoms with van der Waals surface area (Å²) in [6.07, 6.45) is 0. The fourth-order valence-corrected chi connectivity index (χ4v) is 15.4. The molecule has 1 atom stereocenters. The number of anilines is 6. The van der Waals surface area contributed by atoms with Crippen LogP contribution in [0.4, 0.5) is 34.1 Å². The van der Waals surface area contributed by atoms with E-state index in [-0.39, 0.29) is 0 Å². The first-order chi connectivity index (χ1) is 42.1. The molecule has 2 nitrogen and oxygen atoms in total. The Balaban J connectivity index is 0.732. The molecule has 0 heterocycles. The van der Waals surface area contributed by atoms with Crippen molar-refractivity contribution in [3.05, 3.63) is 372 Å². The van der Waals surface area contributed by atoms with Gasteiger partial charge in [-0.15, -0.1) is 0 Å². The second kappa shape index (κ2) is 19.1. The highest BCUT2D eigenvalue weighted by Gasteiger charge is 2.52. The van der Waals surface area contributed by atoms with Gasteiger partial charge in [-0.25, -0.2) is 0 Å². The monoisotopic (exact) mass is 1080 g/mol. The highest BCUT2D eigenvalue weighted by atomic mass is 15.1. The normalized spacial score (nSPS) is 14.6. The summed E-state index contributed by atoms with van der Waals surface area (Å²) in [5, 5.41) is 4.95. The van der Waals surface area contributed by atoms with Crippen LogP contribution >= 0.6 is 0 Å². The fraction of sp³-hybridized carbons (Fsp3) is 0.0361. The lowest BCUT2D eigenvalue weighted by atomic mass is 9.65. The zero-order chi connectivity index (χ0) is 56.2. The van der Waals surface area contributed by atoms with Gasteiger partial charge >= 0.3 is 0 Å². The maximum absolute atomic E-state index is 2.39. The van der Waals surface area contributed by atoms with Crippen LogP contribution in [0.15, 0.2) is 322 Å². The predicted molar refractivity (Wildman–Crippen MR) is 355 cm³/mol. The lowest BCUT2D eigenvalue weighted by molar-refractivity contribution is 0.768. The van der Waals surface area contributed by atoms with Crippen molar-refractivity contribution in [3.63, 3.8) is 0 Å². The van der Waals surface area contributed by atoms with Gasteiger partial charge in [-0.1, -0.05) is 249 Å². The first-order valence-electron chi connectivity index (χ1n) is 29.7. The molecule has 0 saturated heterocycles. The third kappa shape index (κ3) is 7.13. The molecule has 398 valence electrons. The van der Waals surface area contributed by atoms with Crippen LogP contribution < -0.4 is 9.80 Å². The van der Waals surface area contributed by atoms with Crippen LogP contribution in [-0.4, -0.2) is 0 Å². The quantitative estimate of drug-likeness (QED) is 0.142. The Morgan fingerprint density at radius 1 is 0.235 bits per heavy atom. The highest BCUT2D eigenvalue weighted by molar-refractivity contribution is 6.06. The predicted octanol–water partition coefficient (Wildman–Crippen LogP) is 21.6. The van der Waals surface area contributed by atoms with Crippen molar-refractivity contribution in [1.82, 2.24) is 0 Å². The van der Waals surface area contributed by atoms with E-state index < -0.39 is 10.8 Å². The largest absolute Gasteiger partial charge is 0.310 e. The number of hydrogen-bond acceptors (Lipinski definition) is 2. The minimum Gasteiger partial charge on any atom is -0.310 e. The van der Waals surface area contributed by atoms with Crippen molar-refractivity contribution in [2.75, 3.05) is 9.80 Å². The molecule has 2 heteroatoms. The zero-order valence-corrected chi connectivity index (χ0v) is 47.0. The fourth-order valence-electron chi connectivity index (χ4n) is 15.4. The molecule has 3 aliphatic carbocycles. The van der Waals surface area contributed by atoms with E-state index in [4.69, 9.17) is 0 Å². The number of para-hydroxylation sites is 2. The van der Waals surface area contributed by atoms with Crippen LogP contribution in [0.3, 0.4) is 0 Å². The van der Waals surface area contributed by atoms with Crippen molar-refractivity contribution in [2.24, 2.45) is 0 Å². The van der Waals surface area contributed by atoms with Crippen LogP contribution in [0.2, 0.25) is 0 Å². The van der Waals surface area contributed by atoms with Crippen molar-refractivity contribution in [3.8, 4) is 44.5 Å². The van der Waals surface area contributed by atoms with Crippen molar-refractivity contribution >= 4 is 55.7 Å². The van der Waals surface area contributed by atoms with Gasteiger partial charge in [0.2, 0.25) is 0 Å². The molecule has 0 aromatic heterocycles. The molecule has 1 spiro atoms. The average Bonchev–Trinajstić information content (AvgIpc) is 1.57. The summed E-state index contributed by atoms with van der Waals surface area (Å²) in [5.74, 6) is 0. The zero-order valence-electron chi connectivity index (χ0n) is 47.0. The summed E-state index contributed by atoms with van der Waals surface area (Å²) in [6.45, 7) is 2.26. The van der Waals surface area contributed by atoms with E-state index in [9.17, 15) is 0 Å². The summed E-state index contributed by atoms with van der Waals surface area (Å²) in [5.41, 5.74) is 27.8. The summed E-state index contributed by atoms with van der Waals surface area (Å²) in [4.78, 5) is 4.78. The van der Waals surface area contributed by atoms with Gasteiger partial charge in [0.1, 0.15) is 0 Å². The maximum Gasteiger partial charge on any atom is 0.0731 e. The highest BCUT2D eigenvalue weighted by Crippen LogP contribution is 2.64. The SMILES string of the molecule is Cc1ccccc1C1(c2ccccc2)c2ccccc2-c2ccc3cc(N(c4ccccc4)c4ccc(-c5ccc(N(c6ccccc6)c6ccc7c8c(ccc7c6)-c6ccccc6C86c7ccccc7-c7ccccc76)cc5)cc4)ccc3c21. The number of benzene rings is 14. The summed E-state index contributed by atoms with van der Waals surface area (Å²) < 4.78 is 0. The van der Waals surface area contributed by atoms with Crippen LogP contribution in [0.5, 0.6) is 0 Å². The Morgan fingerprint density at radius 2 is 0.565 bits per heavy atom. The standard InChI is InChI=1S/C83H56N2/c1-55-21-11-16-32-75(55)82(60-22-5-2-6-23-60)76-33-17-14-30-71(76)73-49-41-58-53-65(47-51-67(58)80(73)82)84(61-24-7-3-8-25-61)63-43-37-56(38-44-63)57-39-45-64(46-40-57)85(62-26-9-4-10-27-62)66-48-52-68-59(54-66)42-50-74-72-31-15-20-36-79(72)83(81(68)74)77-34-18-12-28-69(77)70-29-13-19-35-78(70)83/h2-54H,1H3. The number of nitrogens with zero attached hydrogens (tertiary/aromatic N) is 2. The molecular formula is C83H56N2. The van der Waals surface area contributed by atoms with E-state index in [1.54, 1.807) is 0 Å². The van der Waals surface area contributed by atoms with E-state index in [1.807, 2.05) is 0 Å². The topological polar surface area (TPSA) is 6.48 Å². The Morgan fingerprint density at radius 3 is 1.00 bits per heavy atom. The minimum absolute atomic E-state index is 0.419. The van der Waals surface area contributed by atoms with Gasteiger partial charge in [0.15, 0.2) is 0 Å². The molecule has 14 aromatic rings. The van der Waals surface area contributed by atoms with Crippen LogP contribution in [0, 0.1) is 6.92 Å². The number of hydrogen-bond donors (Lipinski definition) is 0. The molecule has 1 unspecified atom stereocenters. The third-order valence-corrected chi connectivity index (χ3v) is 18.8. The van der Waals surface area contributed by atoms with E-state index in [1.165, 1.54) is 105 Å². The lowest BCUT2D eigenvalue weighted by Gasteiger charge is -2.36. The van der Waals surface area contributed by atoms with Crippen molar-refractivity contribution in [2.45, 2.75) is 17.8 Å². The second-order valence-corrected chi connectivity index (χ2v) is 23.1. The third-order valence-electron chi connectivity index (χ3n) is 18.8. The molecule has 85 heavy (non-hydrogen) atoms. The number of fused-ring (bicyclic) bond motifs is 17. The Labute approximate surface area is 496 Å². The molecule has 17 rings (SSSR count). The summed E-state index contributed by atoms with van der Waals surface area (Å²) in [7, 11) is 0. The van der Waals surface area contributed by atoms with Crippen molar-refractivity contribution < 1.29 is 0 Å². The first kappa shape index (κ1) is 48.9. The molecule has 14 aromatic carbocycles. The van der Waals surface area contributed by atoms with Crippen LogP contribution in [0.25, 0.3) is 66.1 Å².